The highest BCUT2D eigenvalue weighted by Gasteiger charge is 2.32. The maximum atomic E-state index is 13.2. The Morgan fingerprint density at radius 1 is 1.22 bits per heavy atom. The van der Waals surface area contributed by atoms with Crippen molar-refractivity contribution in [1.82, 2.24) is 15.0 Å². The monoisotopic (exact) mass is 467 g/mol. The van der Waals surface area contributed by atoms with Gasteiger partial charge in [0.2, 0.25) is 5.91 Å². The lowest BCUT2D eigenvalue weighted by Gasteiger charge is -2.33. The number of nitriles is 1. The molecule has 7 nitrogen and oxygen atoms in total. The van der Waals surface area contributed by atoms with Crippen molar-refractivity contribution < 1.29 is 4.79 Å². The minimum atomic E-state index is -0.367. The fraction of sp³-hybridized carbons (Fsp3) is 0.522. The number of aromatic nitrogens is 3. The summed E-state index contributed by atoms with van der Waals surface area (Å²) in [6.45, 7) is 6.58. The molecule has 166 valence electrons. The summed E-state index contributed by atoms with van der Waals surface area (Å²) in [5.41, 5.74) is 2.67. The molecule has 1 N–H and O–H groups in total. The van der Waals surface area contributed by atoms with Gasteiger partial charge in [0.25, 0.3) is 5.56 Å². The van der Waals surface area contributed by atoms with E-state index in [1.807, 2.05) is 0 Å². The smallest absolute Gasteiger partial charge is 0.279 e. The number of aryl methyl sites for hydroxylation is 2. The van der Waals surface area contributed by atoms with Crippen molar-refractivity contribution in [3.05, 3.63) is 36.8 Å². The van der Waals surface area contributed by atoms with Crippen LogP contribution in [-0.4, -0.2) is 20.9 Å². The first-order chi connectivity index (χ1) is 15.3. The molecule has 5 rings (SSSR count). The van der Waals surface area contributed by atoms with E-state index in [1.165, 1.54) is 21.1 Å². The van der Waals surface area contributed by atoms with Crippen LogP contribution in [-0.2, 0) is 37.0 Å². The van der Waals surface area contributed by atoms with Crippen molar-refractivity contribution in [3.63, 3.8) is 0 Å². The molecule has 1 amide bonds. The van der Waals surface area contributed by atoms with Gasteiger partial charge in [0.1, 0.15) is 17.6 Å². The molecule has 3 heterocycles. The first kappa shape index (κ1) is 21.3. The summed E-state index contributed by atoms with van der Waals surface area (Å²) in [6.07, 6.45) is 5.74. The van der Waals surface area contributed by atoms with Crippen LogP contribution in [0.5, 0.6) is 0 Å². The summed E-state index contributed by atoms with van der Waals surface area (Å²) in [7, 11) is 0. The van der Waals surface area contributed by atoms with Gasteiger partial charge in [-0.3, -0.25) is 9.59 Å². The number of rotatable bonds is 3. The molecule has 2 aliphatic carbocycles. The Morgan fingerprint density at radius 2 is 2.03 bits per heavy atom. The lowest BCUT2D eigenvalue weighted by Crippen LogP contribution is -2.31. The van der Waals surface area contributed by atoms with Crippen molar-refractivity contribution in [2.45, 2.75) is 65.8 Å². The molecule has 0 unspecified atom stereocenters. The number of carbonyl (C=O) groups excluding carboxylic acids is 1. The minimum absolute atomic E-state index is 0.218. The van der Waals surface area contributed by atoms with E-state index in [0.717, 1.165) is 54.3 Å². The summed E-state index contributed by atoms with van der Waals surface area (Å²) in [5, 5.41) is 21.8. The van der Waals surface area contributed by atoms with Crippen LogP contribution in [0.3, 0.4) is 0 Å². The molecule has 0 bridgehead atoms. The number of thiophene rings is 2. The molecule has 0 aliphatic heterocycles. The number of fused-ring (bicyclic) bond motifs is 4. The third-order valence-electron chi connectivity index (χ3n) is 6.74. The molecule has 0 saturated carbocycles. The van der Waals surface area contributed by atoms with E-state index in [1.54, 1.807) is 11.3 Å². The van der Waals surface area contributed by atoms with Crippen molar-refractivity contribution >= 4 is 43.8 Å². The molecule has 32 heavy (non-hydrogen) atoms. The van der Waals surface area contributed by atoms with Gasteiger partial charge in [-0.1, -0.05) is 26.0 Å². The summed E-state index contributed by atoms with van der Waals surface area (Å²) >= 11 is 3.02. The summed E-state index contributed by atoms with van der Waals surface area (Å²) in [6, 6.07) is 2.23. The second-order valence-corrected chi connectivity index (χ2v) is 12.0. The van der Waals surface area contributed by atoms with Crippen molar-refractivity contribution in [2.24, 2.45) is 11.3 Å². The Kier molecular flexibility index (Phi) is 5.18. The molecule has 0 saturated heterocycles. The predicted molar refractivity (Wildman–Crippen MR) is 126 cm³/mol. The second-order valence-electron chi connectivity index (χ2n) is 9.76. The lowest BCUT2D eigenvalue weighted by molar-refractivity contribution is -0.117. The maximum absolute atomic E-state index is 13.2. The largest absolute Gasteiger partial charge is 0.315 e. The Balaban J connectivity index is 1.40. The highest BCUT2D eigenvalue weighted by Crippen LogP contribution is 2.42. The topological polar surface area (TPSA) is 101 Å². The maximum Gasteiger partial charge on any atom is 0.279 e. The Hall–Kier alpha value is -2.57. The van der Waals surface area contributed by atoms with E-state index in [9.17, 15) is 14.9 Å². The van der Waals surface area contributed by atoms with E-state index in [0.29, 0.717) is 26.7 Å². The van der Waals surface area contributed by atoms with Gasteiger partial charge >= 0.3 is 0 Å². The average Bonchev–Trinajstić information content (AvgIpc) is 3.41. The predicted octanol–water partition coefficient (Wildman–Crippen LogP) is 4.06. The highest BCUT2D eigenvalue weighted by molar-refractivity contribution is 7.18. The van der Waals surface area contributed by atoms with E-state index in [4.69, 9.17) is 0 Å². The second kappa shape index (κ2) is 7.78. The zero-order valence-electron chi connectivity index (χ0n) is 18.4. The lowest BCUT2D eigenvalue weighted by atomic mass is 9.72. The fourth-order valence-corrected chi connectivity index (χ4v) is 7.37. The third kappa shape index (κ3) is 3.55. The van der Waals surface area contributed by atoms with Gasteiger partial charge in [-0.25, -0.2) is 4.68 Å². The van der Waals surface area contributed by atoms with Crippen molar-refractivity contribution in [1.29, 1.82) is 5.26 Å². The van der Waals surface area contributed by atoms with Crippen molar-refractivity contribution in [2.75, 3.05) is 5.32 Å². The highest BCUT2D eigenvalue weighted by atomic mass is 32.1. The number of nitrogens with zero attached hydrogens (tertiary/aromatic N) is 4. The molecule has 0 radical (unpaired) electrons. The van der Waals surface area contributed by atoms with Gasteiger partial charge in [0.15, 0.2) is 4.83 Å². The first-order valence-corrected chi connectivity index (χ1v) is 12.6. The Bertz CT molecular complexity index is 1340. The molecule has 1 atom stereocenters. The molecular weight excluding hydrogens is 442 g/mol. The quantitative estimate of drug-likeness (QED) is 0.626. The fourth-order valence-electron chi connectivity index (χ4n) is 4.88. The molecule has 3 aromatic rings. The van der Waals surface area contributed by atoms with E-state index in [2.05, 4.69) is 42.5 Å². The molecule has 2 aliphatic rings. The molecular formula is C23H25N5O2S2. The van der Waals surface area contributed by atoms with Crippen LogP contribution in [0.4, 0.5) is 5.00 Å². The van der Waals surface area contributed by atoms with Gasteiger partial charge in [0.05, 0.1) is 10.9 Å². The zero-order valence-corrected chi connectivity index (χ0v) is 20.1. The van der Waals surface area contributed by atoms with E-state index in [-0.39, 0.29) is 23.4 Å². The third-order valence-corrected chi connectivity index (χ3v) is 9.09. The van der Waals surface area contributed by atoms with Gasteiger partial charge in [-0.05, 0) is 61.0 Å². The normalized spacial score (nSPS) is 17.8. The van der Waals surface area contributed by atoms with Crippen LogP contribution in [0, 0.1) is 22.7 Å². The summed E-state index contributed by atoms with van der Waals surface area (Å²) in [5.74, 6) is 0.208. The number of carbonyl (C=O) groups is 1. The van der Waals surface area contributed by atoms with Gasteiger partial charge in [-0.15, -0.1) is 27.8 Å². The number of nitrogens with one attached hydrogen (secondary N) is 1. The van der Waals surface area contributed by atoms with Crippen LogP contribution < -0.4 is 10.9 Å². The SMILES string of the molecule is CC(C)(C)[C@@H]1CCc2c(sc3nnn(CC(=O)Nc4sc5c(c4C#N)CCC5)c(=O)c23)C1. The van der Waals surface area contributed by atoms with Crippen LogP contribution in [0.25, 0.3) is 10.2 Å². The summed E-state index contributed by atoms with van der Waals surface area (Å²) in [4.78, 5) is 29.0. The molecule has 0 aromatic carbocycles. The van der Waals surface area contributed by atoms with Crippen LogP contribution in [0.1, 0.15) is 60.1 Å². The first-order valence-electron chi connectivity index (χ1n) is 11.0. The van der Waals surface area contributed by atoms with Crippen LogP contribution >= 0.6 is 22.7 Å². The number of anilines is 1. The van der Waals surface area contributed by atoms with E-state index < -0.39 is 0 Å². The minimum Gasteiger partial charge on any atom is -0.315 e. The number of hydrogen-bond donors (Lipinski definition) is 1. The average molecular weight is 468 g/mol. The molecule has 0 spiro atoms. The molecule has 3 aromatic heterocycles. The van der Waals surface area contributed by atoms with Gasteiger partial charge in [-0.2, -0.15) is 5.26 Å². The van der Waals surface area contributed by atoms with Crippen LogP contribution in [0.2, 0.25) is 0 Å². The molecule has 9 heteroatoms. The Morgan fingerprint density at radius 3 is 2.78 bits per heavy atom. The standard InChI is InChI=1S/C23H25N5O2S2/c1-23(2,3)12-7-8-14-17(9-12)32-21-19(14)22(30)28(27-26-21)11-18(29)25-20-15(10-24)13-5-4-6-16(13)31-20/h12H,4-9,11H2,1-3H3,(H,25,29)/t12-/m1/s1. The van der Waals surface area contributed by atoms with E-state index >= 15 is 0 Å². The Labute approximate surface area is 194 Å². The number of amides is 1. The van der Waals surface area contributed by atoms with Gasteiger partial charge < -0.3 is 5.32 Å². The number of hydrogen-bond acceptors (Lipinski definition) is 7. The van der Waals surface area contributed by atoms with Gasteiger partial charge in [0, 0.05) is 9.75 Å². The summed E-state index contributed by atoms with van der Waals surface area (Å²) < 4.78 is 1.15. The molecule has 0 fully saturated rings. The van der Waals surface area contributed by atoms with Crippen LogP contribution in [0.15, 0.2) is 4.79 Å². The van der Waals surface area contributed by atoms with Crippen molar-refractivity contribution in [3.8, 4) is 6.07 Å². The zero-order chi connectivity index (χ0) is 22.6.